The molecular formula is C12H20N4O2S. The summed E-state index contributed by atoms with van der Waals surface area (Å²) in [7, 11) is 0. The molecule has 0 unspecified atom stereocenters. The molecule has 0 radical (unpaired) electrons. The molecule has 1 aromatic heterocycles. The molecule has 7 heteroatoms. The fourth-order valence-corrected chi connectivity index (χ4v) is 2.76. The molecule has 1 saturated heterocycles. The van der Waals surface area contributed by atoms with Crippen molar-refractivity contribution in [2.24, 2.45) is 0 Å². The van der Waals surface area contributed by atoms with Crippen molar-refractivity contribution in [2.45, 2.75) is 25.4 Å². The number of nitrogens with zero attached hydrogens (tertiary/aromatic N) is 2. The summed E-state index contributed by atoms with van der Waals surface area (Å²) in [5.41, 5.74) is 5.86. The van der Waals surface area contributed by atoms with Crippen LogP contribution in [0.4, 0.5) is 5.13 Å². The van der Waals surface area contributed by atoms with Gasteiger partial charge in [0.25, 0.3) is 5.91 Å². The maximum absolute atomic E-state index is 11.7. The second-order valence-corrected chi connectivity index (χ2v) is 5.67. The van der Waals surface area contributed by atoms with Crippen LogP contribution in [-0.2, 0) is 0 Å². The highest BCUT2D eigenvalue weighted by Gasteiger charge is 2.17. The number of amides is 1. The summed E-state index contributed by atoms with van der Waals surface area (Å²) >= 11 is 1.26. The predicted octanol–water partition coefficient (Wildman–Crippen LogP) is 0.302. The van der Waals surface area contributed by atoms with Crippen LogP contribution in [0.15, 0.2) is 5.38 Å². The van der Waals surface area contributed by atoms with E-state index in [0.29, 0.717) is 17.4 Å². The first kappa shape index (κ1) is 14.2. The first-order valence-corrected chi connectivity index (χ1v) is 7.43. The Morgan fingerprint density at radius 1 is 1.68 bits per heavy atom. The fraction of sp³-hybridized carbons (Fsp3) is 0.667. The molecule has 0 spiro atoms. The first-order chi connectivity index (χ1) is 9.15. The van der Waals surface area contributed by atoms with Crippen molar-refractivity contribution >= 4 is 22.4 Å². The molecule has 1 aliphatic heterocycles. The molecule has 106 valence electrons. The van der Waals surface area contributed by atoms with Gasteiger partial charge in [0, 0.05) is 18.5 Å². The van der Waals surface area contributed by atoms with Crippen LogP contribution in [0.2, 0.25) is 0 Å². The van der Waals surface area contributed by atoms with Crippen LogP contribution in [0.25, 0.3) is 0 Å². The van der Waals surface area contributed by atoms with Crippen molar-refractivity contribution < 1.29 is 9.90 Å². The van der Waals surface area contributed by atoms with E-state index >= 15 is 0 Å². The summed E-state index contributed by atoms with van der Waals surface area (Å²) in [5, 5.41) is 14.4. The quantitative estimate of drug-likeness (QED) is 0.677. The first-order valence-electron chi connectivity index (χ1n) is 6.55. The molecule has 1 aromatic rings. The lowest BCUT2D eigenvalue weighted by Gasteiger charge is -2.29. The zero-order valence-electron chi connectivity index (χ0n) is 10.8. The number of nitrogens with two attached hydrogens (primary N) is 1. The van der Waals surface area contributed by atoms with Gasteiger partial charge >= 0.3 is 0 Å². The van der Waals surface area contributed by atoms with Crippen molar-refractivity contribution in [3.8, 4) is 0 Å². The smallest absolute Gasteiger partial charge is 0.270 e. The van der Waals surface area contributed by atoms with Crippen molar-refractivity contribution in [1.29, 1.82) is 0 Å². The molecule has 0 bridgehead atoms. The average Bonchev–Trinajstić information content (AvgIpc) is 2.81. The molecule has 1 fully saturated rings. The number of rotatable bonds is 5. The second-order valence-electron chi connectivity index (χ2n) is 4.78. The molecule has 2 heterocycles. The van der Waals surface area contributed by atoms with E-state index in [1.165, 1.54) is 11.3 Å². The number of piperidine rings is 1. The highest BCUT2D eigenvalue weighted by atomic mass is 32.1. The van der Waals surface area contributed by atoms with Crippen LogP contribution < -0.4 is 11.1 Å². The standard InChI is InChI=1S/C12H20N4O2S/c13-12-15-10(8-19-12)11(18)14-4-2-6-16-5-1-3-9(17)7-16/h8-9,17H,1-7H2,(H2,13,15)(H,14,18)/t9-/m1/s1. The summed E-state index contributed by atoms with van der Waals surface area (Å²) in [5.74, 6) is -0.174. The third-order valence-corrected chi connectivity index (χ3v) is 3.85. The lowest BCUT2D eigenvalue weighted by molar-refractivity contribution is 0.0697. The Hall–Kier alpha value is -1.18. The number of nitrogens with one attached hydrogen (secondary N) is 1. The molecule has 1 aliphatic rings. The van der Waals surface area contributed by atoms with Crippen LogP contribution in [0, 0.1) is 0 Å². The minimum atomic E-state index is -0.193. The van der Waals surface area contributed by atoms with Gasteiger partial charge in [0.2, 0.25) is 0 Å². The van der Waals surface area contributed by atoms with Gasteiger partial charge in [-0.25, -0.2) is 4.98 Å². The molecule has 4 N–H and O–H groups in total. The van der Waals surface area contributed by atoms with Gasteiger partial charge in [-0.3, -0.25) is 4.79 Å². The molecule has 1 atom stereocenters. The number of carbonyl (C=O) groups is 1. The predicted molar refractivity (Wildman–Crippen MR) is 75.2 cm³/mol. The summed E-state index contributed by atoms with van der Waals surface area (Å²) in [6.07, 6.45) is 2.63. The topological polar surface area (TPSA) is 91.5 Å². The van der Waals surface area contributed by atoms with Crippen molar-refractivity contribution in [3.05, 3.63) is 11.1 Å². The summed E-state index contributed by atoms with van der Waals surface area (Å²) < 4.78 is 0. The lowest BCUT2D eigenvalue weighted by Crippen LogP contribution is -2.39. The van der Waals surface area contributed by atoms with E-state index in [9.17, 15) is 9.90 Å². The van der Waals surface area contributed by atoms with Crippen molar-refractivity contribution in [2.75, 3.05) is 31.9 Å². The number of likely N-dealkylation sites (tertiary alicyclic amines) is 1. The summed E-state index contributed by atoms with van der Waals surface area (Å²) in [4.78, 5) is 17.9. The average molecular weight is 284 g/mol. The van der Waals surface area contributed by atoms with E-state index in [1.54, 1.807) is 5.38 Å². The Bertz CT molecular complexity index is 424. The highest BCUT2D eigenvalue weighted by Crippen LogP contribution is 2.11. The van der Waals surface area contributed by atoms with Gasteiger partial charge < -0.3 is 21.1 Å². The van der Waals surface area contributed by atoms with E-state index in [4.69, 9.17) is 5.73 Å². The Morgan fingerprint density at radius 3 is 3.21 bits per heavy atom. The number of β-amino-alcohol motifs (C(OH)–C–C–N with tert-alkyl or cyclic N) is 1. The van der Waals surface area contributed by atoms with Gasteiger partial charge in [-0.15, -0.1) is 11.3 Å². The second kappa shape index (κ2) is 6.83. The van der Waals surface area contributed by atoms with Crippen LogP contribution in [0.5, 0.6) is 0 Å². The number of aliphatic hydroxyl groups is 1. The number of carbonyl (C=O) groups excluding carboxylic acids is 1. The van der Waals surface area contributed by atoms with E-state index in [1.807, 2.05) is 0 Å². The number of aromatic nitrogens is 1. The summed E-state index contributed by atoms with van der Waals surface area (Å²) in [6, 6.07) is 0. The van der Waals surface area contributed by atoms with Gasteiger partial charge in [0.1, 0.15) is 5.69 Å². The third-order valence-electron chi connectivity index (χ3n) is 3.17. The molecular weight excluding hydrogens is 264 g/mol. The molecule has 0 saturated carbocycles. The zero-order valence-corrected chi connectivity index (χ0v) is 11.7. The van der Waals surface area contributed by atoms with Crippen LogP contribution >= 0.6 is 11.3 Å². The van der Waals surface area contributed by atoms with Crippen LogP contribution in [0.3, 0.4) is 0 Å². The number of anilines is 1. The summed E-state index contributed by atoms with van der Waals surface area (Å²) in [6.45, 7) is 3.30. The molecule has 0 aromatic carbocycles. The number of nitrogen functional groups attached to an aromatic ring is 1. The Morgan fingerprint density at radius 2 is 2.53 bits per heavy atom. The maximum Gasteiger partial charge on any atom is 0.270 e. The number of thiazole rings is 1. The van der Waals surface area contributed by atoms with E-state index in [2.05, 4.69) is 15.2 Å². The lowest BCUT2D eigenvalue weighted by atomic mass is 10.1. The van der Waals surface area contributed by atoms with Gasteiger partial charge in [-0.05, 0) is 32.4 Å². The SMILES string of the molecule is Nc1nc(C(=O)NCCCN2CCC[C@@H](O)C2)cs1. The van der Waals surface area contributed by atoms with Gasteiger partial charge in [-0.2, -0.15) is 0 Å². The number of hydrogen-bond donors (Lipinski definition) is 3. The van der Waals surface area contributed by atoms with E-state index in [-0.39, 0.29) is 12.0 Å². The number of aliphatic hydroxyl groups excluding tert-OH is 1. The molecule has 2 rings (SSSR count). The third kappa shape index (κ3) is 4.45. The van der Waals surface area contributed by atoms with E-state index in [0.717, 1.165) is 38.9 Å². The van der Waals surface area contributed by atoms with Gasteiger partial charge in [-0.1, -0.05) is 0 Å². The van der Waals surface area contributed by atoms with E-state index < -0.39 is 0 Å². The van der Waals surface area contributed by atoms with Crippen molar-refractivity contribution in [1.82, 2.24) is 15.2 Å². The minimum absolute atomic E-state index is 0.174. The van der Waals surface area contributed by atoms with Gasteiger partial charge in [0.15, 0.2) is 5.13 Å². The normalized spacial score (nSPS) is 20.4. The molecule has 0 aliphatic carbocycles. The monoisotopic (exact) mass is 284 g/mol. The largest absolute Gasteiger partial charge is 0.392 e. The fourth-order valence-electron chi connectivity index (χ4n) is 2.22. The van der Waals surface area contributed by atoms with Crippen LogP contribution in [0.1, 0.15) is 29.8 Å². The van der Waals surface area contributed by atoms with Gasteiger partial charge in [0.05, 0.1) is 6.10 Å². The Kier molecular flexibility index (Phi) is 5.12. The Balaban J connectivity index is 1.62. The Labute approximate surface area is 116 Å². The van der Waals surface area contributed by atoms with Crippen LogP contribution in [-0.4, -0.2) is 53.2 Å². The molecule has 19 heavy (non-hydrogen) atoms. The molecule has 1 amide bonds. The zero-order chi connectivity index (χ0) is 13.7. The molecule has 6 nitrogen and oxygen atoms in total. The maximum atomic E-state index is 11.7. The van der Waals surface area contributed by atoms with Crippen molar-refractivity contribution in [3.63, 3.8) is 0 Å². The minimum Gasteiger partial charge on any atom is -0.392 e. The highest BCUT2D eigenvalue weighted by molar-refractivity contribution is 7.13. The number of hydrogen-bond acceptors (Lipinski definition) is 6.